The number of hydrogen-bond acceptors (Lipinski definition) is 3. The van der Waals surface area contributed by atoms with Crippen molar-refractivity contribution in [1.82, 2.24) is 0 Å². The van der Waals surface area contributed by atoms with Crippen LogP contribution in [0.3, 0.4) is 0 Å². The van der Waals surface area contributed by atoms with E-state index in [0.29, 0.717) is 5.92 Å². The van der Waals surface area contributed by atoms with Crippen molar-refractivity contribution in [3.8, 4) is 5.75 Å². The van der Waals surface area contributed by atoms with Crippen molar-refractivity contribution in [2.45, 2.75) is 38.8 Å². The second-order valence-corrected chi connectivity index (χ2v) is 4.54. The summed E-state index contributed by atoms with van der Waals surface area (Å²) in [4.78, 5) is 0. The third kappa shape index (κ3) is 2.74. The van der Waals surface area contributed by atoms with Gasteiger partial charge in [-0.25, -0.2) is 0 Å². The van der Waals surface area contributed by atoms with E-state index in [4.69, 9.17) is 16.2 Å². The lowest BCUT2D eigenvalue weighted by molar-refractivity contribution is 0.401. The van der Waals surface area contributed by atoms with Crippen LogP contribution >= 0.6 is 0 Å². The smallest absolute Gasteiger partial charge is 0.123 e. The molecule has 3 nitrogen and oxygen atoms in total. The van der Waals surface area contributed by atoms with E-state index >= 15 is 0 Å². The first-order chi connectivity index (χ1) is 7.47. The Morgan fingerprint density at radius 1 is 1.12 bits per heavy atom. The second-order valence-electron chi connectivity index (χ2n) is 4.54. The van der Waals surface area contributed by atoms with E-state index in [1.54, 1.807) is 7.11 Å². The van der Waals surface area contributed by atoms with E-state index in [0.717, 1.165) is 11.3 Å². The first kappa shape index (κ1) is 13.0. The van der Waals surface area contributed by atoms with Crippen LogP contribution in [0.4, 0.5) is 0 Å². The van der Waals surface area contributed by atoms with E-state index in [1.165, 1.54) is 5.56 Å². The fraction of sp³-hybridized carbons (Fsp3) is 0.538. The fourth-order valence-corrected chi connectivity index (χ4v) is 1.66. The minimum atomic E-state index is -0.186. The zero-order valence-electron chi connectivity index (χ0n) is 10.5. The zero-order chi connectivity index (χ0) is 12.3. The Kier molecular flexibility index (Phi) is 4.33. The first-order valence-electron chi connectivity index (χ1n) is 5.66. The Balaban J connectivity index is 3.16. The van der Waals surface area contributed by atoms with Crippen LogP contribution < -0.4 is 16.2 Å². The van der Waals surface area contributed by atoms with Crippen molar-refractivity contribution in [2.75, 3.05) is 7.11 Å². The van der Waals surface area contributed by atoms with Gasteiger partial charge in [0.2, 0.25) is 0 Å². The van der Waals surface area contributed by atoms with Gasteiger partial charge in [-0.3, -0.25) is 0 Å². The number of nitrogens with two attached hydrogens (primary N) is 2. The van der Waals surface area contributed by atoms with Crippen molar-refractivity contribution >= 4 is 0 Å². The van der Waals surface area contributed by atoms with Crippen LogP contribution in [0, 0.1) is 0 Å². The Morgan fingerprint density at radius 2 is 1.75 bits per heavy atom. The molecule has 0 saturated heterocycles. The average Bonchev–Trinajstić information content (AvgIpc) is 2.26. The average molecular weight is 222 g/mol. The standard InChI is InChI=1S/C13H22N2O/c1-8(2)10-5-6-12(16-4)11(7-10)13(15)9(3)14/h5-9,13H,14-15H2,1-4H3. The third-order valence-electron chi connectivity index (χ3n) is 2.85. The maximum atomic E-state index is 6.08. The molecule has 2 unspecified atom stereocenters. The van der Waals surface area contributed by atoms with Gasteiger partial charge in [0, 0.05) is 17.6 Å². The predicted molar refractivity (Wildman–Crippen MR) is 67.7 cm³/mol. The summed E-state index contributed by atoms with van der Waals surface area (Å²) >= 11 is 0. The SMILES string of the molecule is COc1ccc(C(C)C)cc1C(N)C(C)N. The predicted octanol–water partition coefficient (Wildman–Crippen LogP) is 2.17. The largest absolute Gasteiger partial charge is 0.496 e. The summed E-state index contributed by atoms with van der Waals surface area (Å²) in [6.07, 6.45) is 0. The minimum absolute atomic E-state index is 0.0867. The van der Waals surface area contributed by atoms with Crippen LogP contribution in [0.1, 0.15) is 43.9 Å². The summed E-state index contributed by atoms with van der Waals surface area (Å²) in [6.45, 7) is 6.22. The quantitative estimate of drug-likeness (QED) is 0.820. The summed E-state index contributed by atoms with van der Waals surface area (Å²) in [5.74, 6) is 1.29. The minimum Gasteiger partial charge on any atom is -0.496 e. The Morgan fingerprint density at radius 3 is 2.19 bits per heavy atom. The van der Waals surface area contributed by atoms with Gasteiger partial charge < -0.3 is 16.2 Å². The van der Waals surface area contributed by atoms with Gasteiger partial charge in [-0.15, -0.1) is 0 Å². The van der Waals surface area contributed by atoms with Crippen molar-refractivity contribution in [3.63, 3.8) is 0 Å². The molecule has 0 bridgehead atoms. The van der Waals surface area contributed by atoms with E-state index in [9.17, 15) is 0 Å². The molecule has 0 saturated carbocycles. The number of hydrogen-bond donors (Lipinski definition) is 2. The molecule has 1 aromatic carbocycles. The topological polar surface area (TPSA) is 61.3 Å². The lowest BCUT2D eigenvalue weighted by Crippen LogP contribution is -2.31. The fourth-order valence-electron chi connectivity index (χ4n) is 1.66. The van der Waals surface area contributed by atoms with Gasteiger partial charge >= 0.3 is 0 Å². The van der Waals surface area contributed by atoms with Crippen LogP contribution in [0.15, 0.2) is 18.2 Å². The van der Waals surface area contributed by atoms with Crippen molar-refractivity contribution in [3.05, 3.63) is 29.3 Å². The van der Waals surface area contributed by atoms with Gasteiger partial charge in [0.25, 0.3) is 0 Å². The van der Waals surface area contributed by atoms with Gasteiger partial charge in [-0.1, -0.05) is 26.0 Å². The first-order valence-corrected chi connectivity index (χ1v) is 5.66. The molecule has 0 aliphatic heterocycles. The molecule has 0 radical (unpaired) electrons. The Hall–Kier alpha value is -1.06. The van der Waals surface area contributed by atoms with Gasteiger partial charge in [-0.2, -0.15) is 0 Å². The molecular formula is C13H22N2O. The van der Waals surface area contributed by atoms with Crippen LogP contribution in [-0.4, -0.2) is 13.2 Å². The number of benzene rings is 1. The lowest BCUT2D eigenvalue weighted by atomic mass is 9.94. The summed E-state index contributed by atoms with van der Waals surface area (Å²) in [7, 11) is 1.65. The highest BCUT2D eigenvalue weighted by molar-refractivity contribution is 5.40. The molecule has 0 amide bonds. The molecule has 0 fully saturated rings. The molecule has 0 spiro atoms. The van der Waals surface area contributed by atoms with Gasteiger partial charge in [-0.05, 0) is 24.5 Å². The molecular weight excluding hydrogens is 200 g/mol. The summed E-state index contributed by atoms with van der Waals surface area (Å²) in [5, 5.41) is 0. The van der Waals surface area contributed by atoms with Crippen LogP contribution in [-0.2, 0) is 0 Å². The molecule has 0 aliphatic rings. The molecule has 3 heteroatoms. The van der Waals surface area contributed by atoms with Crippen molar-refractivity contribution < 1.29 is 4.74 Å². The maximum Gasteiger partial charge on any atom is 0.123 e. The molecule has 1 rings (SSSR count). The zero-order valence-corrected chi connectivity index (χ0v) is 10.5. The molecule has 0 aromatic heterocycles. The third-order valence-corrected chi connectivity index (χ3v) is 2.85. The Bertz CT molecular complexity index is 348. The molecule has 0 heterocycles. The van der Waals surface area contributed by atoms with Gasteiger partial charge in [0.1, 0.15) is 5.75 Å². The molecule has 90 valence electrons. The van der Waals surface area contributed by atoms with Crippen LogP contribution in [0.5, 0.6) is 5.75 Å². The Labute approximate surface area is 97.8 Å². The number of ether oxygens (including phenoxy) is 1. The van der Waals surface area contributed by atoms with E-state index < -0.39 is 0 Å². The highest BCUT2D eigenvalue weighted by Gasteiger charge is 2.16. The maximum absolute atomic E-state index is 6.08. The molecule has 2 atom stereocenters. The normalized spacial score (nSPS) is 14.9. The van der Waals surface area contributed by atoms with E-state index in [2.05, 4.69) is 26.0 Å². The summed E-state index contributed by atoms with van der Waals surface area (Å²) in [6, 6.07) is 5.86. The van der Waals surface area contributed by atoms with Crippen molar-refractivity contribution in [1.29, 1.82) is 0 Å². The van der Waals surface area contributed by atoms with Gasteiger partial charge in [0.15, 0.2) is 0 Å². The second kappa shape index (κ2) is 5.32. The lowest BCUT2D eigenvalue weighted by Gasteiger charge is -2.20. The highest BCUT2D eigenvalue weighted by Crippen LogP contribution is 2.29. The molecule has 4 N–H and O–H groups in total. The van der Waals surface area contributed by atoms with Crippen LogP contribution in [0.2, 0.25) is 0 Å². The van der Waals surface area contributed by atoms with Crippen LogP contribution in [0.25, 0.3) is 0 Å². The number of rotatable bonds is 4. The summed E-state index contributed by atoms with van der Waals surface area (Å²) < 4.78 is 5.32. The monoisotopic (exact) mass is 222 g/mol. The van der Waals surface area contributed by atoms with E-state index in [1.807, 2.05) is 13.0 Å². The van der Waals surface area contributed by atoms with Crippen molar-refractivity contribution in [2.24, 2.45) is 11.5 Å². The number of methoxy groups -OCH3 is 1. The molecule has 16 heavy (non-hydrogen) atoms. The summed E-state index contributed by atoms with van der Waals surface area (Å²) in [5.41, 5.74) is 14.2. The molecule has 1 aromatic rings. The highest BCUT2D eigenvalue weighted by atomic mass is 16.5. The van der Waals surface area contributed by atoms with Gasteiger partial charge in [0.05, 0.1) is 7.11 Å². The van der Waals surface area contributed by atoms with E-state index in [-0.39, 0.29) is 12.1 Å². The molecule has 0 aliphatic carbocycles.